The highest BCUT2D eigenvalue weighted by molar-refractivity contribution is 8.01. The second-order valence-electron chi connectivity index (χ2n) is 4.34. The number of amides is 1. The second-order valence-corrected chi connectivity index (χ2v) is 7.58. The van der Waals surface area contributed by atoms with Crippen LogP contribution in [0.4, 0.5) is 5.13 Å². The van der Waals surface area contributed by atoms with Gasteiger partial charge in [-0.25, -0.2) is 0 Å². The minimum absolute atomic E-state index is 0.155. The summed E-state index contributed by atoms with van der Waals surface area (Å²) in [5.74, 6) is -0.0511. The molecule has 0 aliphatic rings. The molecule has 0 radical (unpaired) electrons. The summed E-state index contributed by atoms with van der Waals surface area (Å²) < 4.78 is 1.77. The van der Waals surface area contributed by atoms with E-state index in [0.717, 1.165) is 11.4 Å². The Morgan fingerprint density at radius 3 is 2.83 bits per heavy atom. The molecule has 120 valence electrons. The lowest BCUT2D eigenvalue weighted by Gasteiger charge is -1.98. The highest BCUT2D eigenvalue weighted by Gasteiger charge is 2.12. The van der Waals surface area contributed by atoms with Gasteiger partial charge in [0.1, 0.15) is 10.7 Å². The molecule has 9 nitrogen and oxygen atoms in total. The lowest BCUT2D eigenvalue weighted by Crippen LogP contribution is -2.19. The second kappa shape index (κ2) is 6.68. The quantitative estimate of drug-likeness (QED) is 0.662. The SMILES string of the molecule is CCc1nnc(NC(=O)CSc2nn3c(=O)c(C)nnc3s2)s1. The maximum absolute atomic E-state index is 11.9. The molecule has 1 amide bonds. The highest BCUT2D eigenvalue weighted by atomic mass is 32.2. The first-order valence-electron chi connectivity index (χ1n) is 6.55. The normalized spacial score (nSPS) is 11.0. The van der Waals surface area contributed by atoms with Gasteiger partial charge in [0.2, 0.25) is 16.0 Å². The number of nitrogens with zero attached hydrogens (tertiary/aromatic N) is 6. The molecule has 12 heteroatoms. The number of carbonyl (C=O) groups excluding carboxylic acids is 1. The molecule has 0 saturated heterocycles. The Hall–Kier alpha value is -1.92. The zero-order chi connectivity index (χ0) is 16.4. The van der Waals surface area contributed by atoms with E-state index in [2.05, 4.69) is 30.8 Å². The molecule has 3 rings (SSSR count). The summed E-state index contributed by atoms with van der Waals surface area (Å²) in [6, 6.07) is 0. The predicted molar refractivity (Wildman–Crippen MR) is 88.3 cm³/mol. The van der Waals surface area contributed by atoms with Crippen molar-refractivity contribution in [3.63, 3.8) is 0 Å². The van der Waals surface area contributed by atoms with Crippen LogP contribution in [0.3, 0.4) is 0 Å². The number of fused-ring (bicyclic) bond motifs is 1. The Kier molecular flexibility index (Phi) is 4.63. The van der Waals surface area contributed by atoms with Gasteiger partial charge in [-0.15, -0.1) is 25.5 Å². The lowest BCUT2D eigenvalue weighted by molar-refractivity contribution is -0.113. The first kappa shape index (κ1) is 16.0. The minimum atomic E-state index is -0.302. The number of nitrogens with one attached hydrogen (secondary N) is 1. The van der Waals surface area contributed by atoms with Gasteiger partial charge in [-0.05, 0) is 13.3 Å². The summed E-state index contributed by atoms with van der Waals surface area (Å²) in [5, 5.41) is 23.7. The van der Waals surface area contributed by atoms with Crippen LogP contribution in [0.1, 0.15) is 17.6 Å². The molecule has 0 bridgehead atoms. The van der Waals surface area contributed by atoms with Crippen LogP contribution >= 0.6 is 34.4 Å². The fraction of sp³-hybridized carbons (Fsp3) is 0.364. The van der Waals surface area contributed by atoms with Crippen molar-refractivity contribution < 1.29 is 4.79 Å². The van der Waals surface area contributed by atoms with Gasteiger partial charge in [0.25, 0.3) is 5.56 Å². The molecule has 3 aromatic heterocycles. The van der Waals surface area contributed by atoms with E-state index in [1.165, 1.54) is 39.0 Å². The highest BCUT2D eigenvalue weighted by Crippen LogP contribution is 2.23. The van der Waals surface area contributed by atoms with Gasteiger partial charge in [0, 0.05) is 0 Å². The summed E-state index contributed by atoms with van der Waals surface area (Å²) in [7, 11) is 0. The maximum atomic E-state index is 11.9. The van der Waals surface area contributed by atoms with E-state index < -0.39 is 0 Å². The summed E-state index contributed by atoms with van der Waals surface area (Å²) in [4.78, 5) is 24.2. The third-order valence-electron chi connectivity index (χ3n) is 2.67. The molecule has 0 aliphatic heterocycles. The predicted octanol–water partition coefficient (Wildman–Crippen LogP) is 0.999. The van der Waals surface area contributed by atoms with E-state index >= 15 is 0 Å². The van der Waals surface area contributed by atoms with Crippen molar-refractivity contribution in [1.29, 1.82) is 0 Å². The van der Waals surface area contributed by atoms with Gasteiger partial charge in [0.05, 0.1) is 5.75 Å². The fourth-order valence-corrected chi connectivity index (χ4v) is 3.93. The Bertz CT molecular complexity index is 916. The summed E-state index contributed by atoms with van der Waals surface area (Å²) in [6.07, 6.45) is 0.781. The number of thioether (sulfide) groups is 1. The van der Waals surface area contributed by atoms with E-state index in [-0.39, 0.29) is 22.9 Å². The molecular formula is C11H11N7O2S3. The molecule has 0 unspecified atom stereocenters. The van der Waals surface area contributed by atoms with Crippen molar-refractivity contribution in [2.45, 2.75) is 24.6 Å². The van der Waals surface area contributed by atoms with Crippen LogP contribution in [0.5, 0.6) is 0 Å². The molecule has 0 atom stereocenters. The zero-order valence-corrected chi connectivity index (χ0v) is 14.6. The van der Waals surface area contributed by atoms with E-state index in [4.69, 9.17) is 0 Å². The molecule has 23 heavy (non-hydrogen) atoms. The Labute approximate surface area is 142 Å². The van der Waals surface area contributed by atoms with E-state index in [0.29, 0.717) is 14.4 Å². The zero-order valence-electron chi connectivity index (χ0n) is 12.1. The minimum Gasteiger partial charge on any atom is -0.300 e. The number of anilines is 1. The maximum Gasteiger partial charge on any atom is 0.296 e. The fourth-order valence-electron chi connectivity index (χ4n) is 1.56. The van der Waals surface area contributed by atoms with Crippen molar-refractivity contribution in [1.82, 2.24) is 30.0 Å². The molecular weight excluding hydrogens is 358 g/mol. The topological polar surface area (TPSA) is 115 Å². The summed E-state index contributed by atoms with van der Waals surface area (Å²) in [6.45, 7) is 3.55. The van der Waals surface area contributed by atoms with Crippen LogP contribution < -0.4 is 10.9 Å². The average molecular weight is 369 g/mol. The number of rotatable bonds is 5. The number of aryl methyl sites for hydroxylation is 2. The van der Waals surface area contributed by atoms with Gasteiger partial charge in [-0.1, -0.05) is 41.4 Å². The Morgan fingerprint density at radius 1 is 1.26 bits per heavy atom. The molecule has 0 fully saturated rings. The Morgan fingerprint density at radius 2 is 2.09 bits per heavy atom. The van der Waals surface area contributed by atoms with Crippen LogP contribution in [-0.4, -0.2) is 41.7 Å². The summed E-state index contributed by atoms with van der Waals surface area (Å²) in [5.41, 5.74) is -0.0198. The first-order chi connectivity index (χ1) is 11.1. The Balaban J connectivity index is 1.64. The molecule has 3 aromatic rings. The number of hydrogen-bond donors (Lipinski definition) is 1. The smallest absolute Gasteiger partial charge is 0.296 e. The first-order valence-corrected chi connectivity index (χ1v) is 9.17. The average Bonchev–Trinajstić information content (AvgIpc) is 3.15. The van der Waals surface area contributed by atoms with Crippen LogP contribution in [-0.2, 0) is 11.2 Å². The van der Waals surface area contributed by atoms with Gasteiger partial charge in [0.15, 0.2) is 4.34 Å². The van der Waals surface area contributed by atoms with Crippen LogP contribution in [0.15, 0.2) is 9.13 Å². The van der Waals surface area contributed by atoms with Gasteiger partial charge < -0.3 is 0 Å². The van der Waals surface area contributed by atoms with Crippen LogP contribution in [0.25, 0.3) is 4.96 Å². The monoisotopic (exact) mass is 369 g/mol. The molecule has 3 heterocycles. The number of carbonyl (C=O) groups is 1. The van der Waals surface area contributed by atoms with Crippen molar-refractivity contribution in [2.24, 2.45) is 0 Å². The van der Waals surface area contributed by atoms with E-state index in [1.54, 1.807) is 6.92 Å². The molecule has 1 N–H and O–H groups in total. The van der Waals surface area contributed by atoms with E-state index in [1.807, 2.05) is 6.92 Å². The van der Waals surface area contributed by atoms with Crippen molar-refractivity contribution >= 4 is 50.4 Å². The van der Waals surface area contributed by atoms with Gasteiger partial charge in [-0.2, -0.15) is 4.52 Å². The third-order valence-corrected chi connectivity index (χ3v) is 5.69. The van der Waals surface area contributed by atoms with Crippen LogP contribution in [0.2, 0.25) is 0 Å². The van der Waals surface area contributed by atoms with Crippen LogP contribution in [0, 0.1) is 6.92 Å². The molecule has 0 spiro atoms. The summed E-state index contributed by atoms with van der Waals surface area (Å²) >= 11 is 3.79. The van der Waals surface area contributed by atoms with Gasteiger partial charge in [-0.3, -0.25) is 14.9 Å². The number of hydrogen-bond acceptors (Lipinski definition) is 10. The third kappa shape index (κ3) is 3.54. The van der Waals surface area contributed by atoms with Gasteiger partial charge >= 0.3 is 0 Å². The van der Waals surface area contributed by atoms with Crippen molar-refractivity contribution in [3.05, 3.63) is 21.1 Å². The molecule has 0 saturated carbocycles. The van der Waals surface area contributed by atoms with Crippen molar-refractivity contribution in [2.75, 3.05) is 11.1 Å². The molecule has 0 aliphatic carbocycles. The molecule has 0 aromatic carbocycles. The number of aromatic nitrogens is 6. The van der Waals surface area contributed by atoms with E-state index in [9.17, 15) is 9.59 Å². The lowest BCUT2D eigenvalue weighted by atomic mass is 10.5. The standard InChI is InChI=1S/C11H11N7O2S3/c1-3-7-14-15-9(22-7)12-6(19)4-21-11-17-18-8(20)5(2)13-16-10(18)23-11/h3-4H2,1-2H3,(H,12,15,19). The largest absolute Gasteiger partial charge is 0.300 e. The van der Waals surface area contributed by atoms with Crippen molar-refractivity contribution in [3.8, 4) is 0 Å².